The first kappa shape index (κ1) is 26.2. The van der Waals surface area contributed by atoms with Gasteiger partial charge in [-0.3, -0.25) is 9.59 Å². The van der Waals surface area contributed by atoms with Crippen LogP contribution < -0.4 is 4.74 Å². The Morgan fingerprint density at radius 3 is 2.80 bits per heavy atom. The topological polar surface area (TPSA) is 92.2 Å². The van der Waals surface area contributed by atoms with Gasteiger partial charge in [0, 0.05) is 38.4 Å². The predicted molar refractivity (Wildman–Crippen MR) is 132 cm³/mol. The second-order valence-electron chi connectivity index (χ2n) is 8.87. The molecule has 2 amide bonds. The molecule has 0 radical (unpaired) electrons. The number of carbonyl (C=O) groups is 2. The quantitative estimate of drug-likeness (QED) is 0.611. The minimum Gasteiger partial charge on any atom is -0.472 e. The third kappa shape index (κ3) is 6.81. The van der Waals surface area contributed by atoms with Gasteiger partial charge in [0.1, 0.15) is 18.3 Å². The van der Waals surface area contributed by atoms with E-state index in [1.54, 1.807) is 43.1 Å². The SMILES string of the molecule is COCC#Cc1cnc2c(c1)C(=O)N([C@@H](C)CO)C[C@H](C)[C@H](CN(C)C(=O)Cc1ccccc1)O2. The van der Waals surface area contributed by atoms with Gasteiger partial charge in [-0.1, -0.05) is 49.1 Å². The van der Waals surface area contributed by atoms with Crippen LogP contribution in [0.25, 0.3) is 0 Å². The van der Waals surface area contributed by atoms with Crippen LogP contribution in [0, 0.1) is 17.8 Å². The normalized spacial score (nSPS) is 18.3. The molecule has 0 unspecified atom stereocenters. The lowest BCUT2D eigenvalue weighted by atomic mass is 9.99. The molecule has 1 aromatic heterocycles. The van der Waals surface area contributed by atoms with Gasteiger partial charge < -0.3 is 24.4 Å². The van der Waals surface area contributed by atoms with Gasteiger partial charge in [0.05, 0.1) is 25.6 Å². The fourth-order valence-corrected chi connectivity index (χ4v) is 3.88. The highest BCUT2D eigenvalue weighted by atomic mass is 16.5. The summed E-state index contributed by atoms with van der Waals surface area (Å²) in [6.07, 6.45) is 1.45. The molecule has 3 atom stereocenters. The highest BCUT2D eigenvalue weighted by molar-refractivity contribution is 5.97. The van der Waals surface area contributed by atoms with Crippen LogP contribution >= 0.6 is 0 Å². The van der Waals surface area contributed by atoms with Gasteiger partial charge in [0.2, 0.25) is 11.8 Å². The van der Waals surface area contributed by atoms with Gasteiger partial charge in [0.15, 0.2) is 0 Å². The third-order valence-electron chi connectivity index (χ3n) is 6.05. The van der Waals surface area contributed by atoms with E-state index in [0.29, 0.717) is 25.1 Å². The molecule has 1 aliphatic rings. The fraction of sp³-hybridized carbons (Fsp3) is 0.444. The Kier molecular flexibility index (Phi) is 9.24. The minimum atomic E-state index is -0.405. The minimum absolute atomic E-state index is 0.0253. The molecule has 0 fully saturated rings. The number of carbonyl (C=O) groups excluding carboxylic acids is 2. The first-order valence-corrected chi connectivity index (χ1v) is 11.7. The summed E-state index contributed by atoms with van der Waals surface area (Å²) in [7, 11) is 3.31. The van der Waals surface area contributed by atoms with Crippen molar-refractivity contribution in [1.29, 1.82) is 0 Å². The molecule has 2 heterocycles. The van der Waals surface area contributed by atoms with Gasteiger partial charge in [-0.2, -0.15) is 0 Å². The fourth-order valence-electron chi connectivity index (χ4n) is 3.88. The van der Waals surface area contributed by atoms with Crippen molar-refractivity contribution in [3.63, 3.8) is 0 Å². The summed E-state index contributed by atoms with van der Waals surface area (Å²) in [4.78, 5) is 34.0. The average molecular weight is 480 g/mol. The Morgan fingerprint density at radius 1 is 1.37 bits per heavy atom. The van der Waals surface area contributed by atoms with Gasteiger partial charge in [-0.05, 0) is 18.6 Å². The number of rotatable bonds is 7. The van der Waals surface area contributed by atoms with Crippen molar-refractivity contribution in [1.82, 2.24) is 14.8 Å². The molecule has 8 nitrogen and oxygen atoms in total. The van der Waals surface area contributed by atoms with Gasteiger partial charge in [-0.25, -0.2) is 4.98 Å². The number of benzene rings is 1. The molecular formula is C27H33N3O5. The average Bonchev–Trinajstić information content (AvgIpc) is 2.86. The summed E-state index contributed by atoms with van der Waals surface area (Å²) in [6.45, 7) is 4.56. The summed E-state index contributed by atoms with van der Waals surface area (Å²) in [6, 6.07) is 10.8. The van der Waals surface area contributed by atoms with Crippen molar-refractivity contribution in [2.45, 2.75) is 32.4 Å². The lowest BCUT2D eigenvalue weighted by Gasteiger charge is -2.37. The zero-order chi connectivity index (χ0) is 25.4. The number of aliphatic hydroxyl groups excluding tert-OH is 1. The molecule has 0 bridgehead atoms. The van der Waals surface area contributed by atoms with Crippen molar-refractivity contribution in [3.8, 4) is 17.7 Å². The van der Waals surface area contributed by atoms with E-state index in [1.807, 2.05) is 37.3 Å². The van der Waals surface area contributed by atoms with Crippen LogP contribution in [0.3, 0.4) is 0 Å². The molecule has 1 aromatic carbocycles. The lowest BCUT2D eigenvalue weighted by Crippen LogP contribution is -2.50. The van der Waals surface area contributed by atoms with Crippen LogP contribution in [-0.2, 0) is 16.0 Å². The number of likely N-dealkylation sites (N-methyl/N-ethyl adjacent to an activating group) is 1. The standard InChI is InChI=1S/C27H33N3O5/c1-19-16-30(20(2)18-31)27(33)23-13-22(11-8-12-34-4)15-28-26(23)35-24(19)17-29(3)25(32)14-21-9-6-5-7-10-21/h5-7,9-10,13,15,19-20,24,31H,12,14,16-18H2,1-4H3/t19-,20-,24-/m0/s1. The van der Waals surface area contributed by atoms with E-state index in [9.17, 15) is 14.7 Å². The molecule has 0 spiro atoms. The Balaban J connectivity index is 1.87. The molecule has 0 saturated carbocycles. The van der Waals surface area contributed by atoms with Crippen LogP contribution in [0.15, 0.2) is 42.6 Å². The van der Waals surface area contributed by atoms with Crippen molar-refractivity contribution in [2.75, 3.05) is 40.5 Å². The summed E-state index contributed by atoms with van der Waals surface area (Å²) in [5, 5.41) is 9.79. The Hall–Kier alpha value is -3.41. The lowest BCUT2D eigenvalue weighted by molar-refractivity contribution is -0.130. The molecule has 186 valence electrons. The molecule has 0 aliphatic carbocycles. The largest absolute Gasteiger partial charge is 0.472 e. The summed E-state index contributed by atoms with van der Waals surface area (Å²) in [5.41, 5.74) is 1.79. The molecular weight excluding hydrogens is 446 g/mol. The Labute approximate surface area is 206 Å². The maximum absolute atomic E-state index is 13.4. The maximum Gasteiger partial charge on any atom is 0.259 e. The summed E-state index contributed by atoms with van der Waals surface area (Å²) in [5.74, 6) is 5.58. The molecule has 0 saturated heterocycles. The van der Waals surface area contributed by atoms with Crippen LogP contribution in [0.2, 0.25) is 0 Å². The number of hydrogen-bond acceptors (Lipinski definition) is 6. The van der Waals surface area contributed by atoms with E-state index in [1.165, 1.54) is 0 Å². The van der Waals surface area contributed by atoms with Gasteiger partial charge >= 0.3 is 0 Å². The maximum atomic E-state index is 13.4. The van der Waals surface area contributed by atoms with Crippen molar-refractivity contribution < 1.29 is 24.2 Å². The second kappa shape index (κ2) is 12.3. The van der Waals surface area contributed by atoms with Crippen LogP contribution in [0.5, 0.6) is 5.88 Å². The molecule has 2 aromatic rings. The van der Waals surface area contributed by atoms with E-state index < -0.39 is 12.1 Å². The van der Waals surface area contributed by atoms with Crippen molar-refractivity contribution in [2.24, 2.45) is 5.92 Å². The second-order valence-corrected chi connectivity index (χ2v) is 8.87. The van der Waals surface area contributed by atoms with E-state index in [4.69, 9.17) is 9.47 Å². The van der Waals surface area contributed by atoms with E-state index in [0.717, 1.165) is 5.56 Å². The number of hydrogen-bond donors (Lipinski definition) is 1. The zero-order valence-electron chi connectivity index (χ0n) is 20.7. The molecule has 8 heteroatoms. The number of aromatic nitrogens is 1. The number of fused-ring (bicyclic) bond motifs is 1. The first-order chi connectivity index (χ1) is 16.8. The van der Waals surface area contributed by atoms with Crippen molar-refractivity contribution in [3.05, 3.63) is 59.3 Å². The number of pyridine rings is 1. The number of aliphatic hydroxyl groups is 1. The number of methoxy groups -OCH3 is 1. The predicted octanol–water partition coefficient (Wildman–Crippen LogP) is 2.00. The highest BCUT2D eigenvalue weighted by Gasteiger charge is 2.34. The number of amides is 2. The third-order valence-corrected chi connectivity index (χ3v) is 6.05. The molecule has 1 aliphatic heterocycles. The molecule has 35 heavy (non-hydrogen) atoms. The van der Waals surface area contributed by atoms with E-state index >= 15 is 0 Å². The number of nitrogens with zero attached hydrogens (tertiary/aromatic N) is 3. The Morgan fingerprint density at radius 2 is 2.11 bits per heavy atom. The summed E-state index contributed by atoms with van der Waals surface area (Å²) < 4.78 is 11.2. The van der Waals surface area contributed by atoms with Crippen LogP contribution in [0.1, 0.15) is 35.3 Å². The molecule has 1 N–H and O–H groups in total. The smallest absolute Gasteiger partial charge is 0.259 e. The first-order valence-electron chi connectivity index (χ1n) is 11.7. The van der Waals surface area contributed by atoms with Crippen LogP contribution in [-0.4, -0.2) is 84.3 Å². The highest BCUT2D eigenvalue weighted by Crippen LogP contribution is 2.27. The monoisotopic (exact) mass is 479 g/mol. The number of ether oxygens (including phenoxy) is 2. The van der Waals surface area contributed by atoms with Crippen LogP contribution in [0.4, 0.5) is 0 Å². The van der Waals surface area contributed by atoms with Gasteiger partial charge in [-0.15, -0.1) is 0 Å². The van der Waals surface area contributed by atoms with Crippen molar-refractivity contribution >= 4 is 11.8 Å². The molecule has 3 rings (SSSR count). The zero-order valence-corrected chi connectivity index (χ0v) is 20.7. The summed E-state index contributed by atoms with van der Waals surface area (Å²) >= 11 is 0. The van der Waals surface area contributed by atoms with E-state index in [2.05, 4.69) is 16.8 Å². The Bertz CT molecular complexity index is 1080. The van der Waals surface area contributed by atoms with E-state index in [-0.39, 0.29) is 42.4 Å². The van der Waals surface area contributed by atoms with Gasteiger partial charge in [0.25, 0.3) is 5.91 Å².